The van der Waals surface area contributed by atoms with E-state index >= 15 is 0 Å². The number of esters is 2. The second-order valence-electron chi connectivity index (χ2n) is 5.78. The maximum Gasteiger partial charge on any atom is 0.310 e. The molecule has 0 saturated heterocycles. The summed E-state index contributed by atoms with van der Waals surface area (Å²) < 4.78 is 10.4. The van der Waals surface area contributed by atoms with E-state index in [0.717, 1.165) is 11.1 Å². The summed E-state index contributed by atoms with van der Waals surface area (Å²) in [5.41, 5.74) is 1.54. The van der Waals surface area contributed by atoms with Crippen molar-refractivity contribution in [2.75, 3.05) is 13.2 Å². The first kappa shape index (κ1) is 17.2. The molecule has 0 radical (unpaired) electrons. The van der Waals surface area contributed by atoms with Crippen LogP contribution in [0, 0.1) is 17.8 Å². The molecule has 0 aromatic carbocycles. The fourth-order valence-corrected chi connectivity index (χ4v) is 2.29. The van der Waals surface area contributed by atoms with Crippen molar-refractivity contribution in [1.29, 1.82) is 0 Å². The Balaban J connectivity index is 2.77. The molecule has 0 spiro atoms. The summed E-state index contributed by atoms with van der Waals surface area (Å²) in [4.78, 5) is 24.4. The van der Waals surface area contributed by atoms with Crippen molar-refractivity contribution >= 4 is 11.9 Å². The van der Waals surface area contributed by atoms with E-state index in [4.69, 9.17) is 9.47 Å². The lowest BCUT2D eigenvalue weighted by Gasteiger charge is -2.30. The SMILES string of the molecule is C=C(C)COC(=O)C1CC=CC(C)C1C(=O)OCC(=C)C. The Morgan fingerprint density at radius 2 is 1.62 bits per heavy atom. The Morgan fingerprint density at radius 3 is 2.14 bits per heavy atom. The number of rotatable bonds is 6. The molecule has 0 bridgehead atoms. The number of allylic oxidation sites excluding steroid dienone is 2. The number of carbonyl (C=O) groups excluding carboxylic acids is 2. The molecular formula is C17H24O4. The predicted octanol–water partition coefficient (Wildman–Crippen LogP) is 3.05. The van der Waals surface area contributed by atoms with Gasteiger partial charge < -0.3 is 9.47 Å². The van der Waals surface area contributed by atoms with Crippen molar-refractivity contribution < 1.29 is 19.1 Å². The molecule has 0 heterocycles. The van der Waals surface area contributed by atoms with Crippen LogP contribution < -0.4 is 0 Å². The molecular weight excluding hydrogens is 268 g/mol. The summed E-state index contributed by atoms with van der Waals surface area (Å²) in [6.45, 7) is 13.2. The normalized spacial score (nSPS) is 24.2. The minimum Gasteiger partial charge on any atom is -0.461 e. The third-order valence-corrected chi connectivity index (χ3v) is 3.33. The largest absolute Gasteiger partial charge is 0.461 e. The van der Waals surface area contributed by atoms with Gasteiger partial charge in [-0.2, -0.15) is 0 Å². The highest BCUT2D eigenvalue weighted by Gasteiger charge is 2.40. The summed E-state index contributed by atoms with van der Waals surface area (Å²) in [7, 11) is 0. The zero-order valence-electron chi connectivity index (χ0n) is 13.1. The van der Waals surface area contributed by atoms with Gasteiger partial charge in [0.25, 0.3) is 0 Å². The molecule has 3 unspecified atom stereocenters. The van der Waals surface area contributed by atoms with Crippen LogP contribution in [-0.4, -0.2) is 25.2 Å². The Labute approximate surface area is 126 Å². The number of hydrogen-bond acceptors (Lipinski definition) is 4. The van der Waals surface area contributed by atoms with Crippen LogP contribution >= 0.6 is 0 Å². The monoisotopic (exact) mass is 292 g/mol. The van der Waals surface area contributed by atoms with Gasteiger partial charge in [0.2, 0.25) is 0 Å². The Bertz CT molecular complexity index is 461. The smallest absolute Gasteiger partial charge is 0.310 e. The van der Waals surface area contributed by atoms with E-state index < -0.39 is 11.8 Å². The van der Waals surface area contributed by atoms with Crippen LogP contribution in [0.15, 0.2) is 36.5 Å². The van der Waals surface area contributed by atoms with E-state index in [0.29, 0.717) is 6.42 Å². The standard InChI is InChI=1S/C17H24O4/c1-11(2)9-20-16(18)14-8-6-7-13(5)15(14)17(19)21-10-12(3)4/h6-7,13-15H,1,3,8-10H2,2,4-5H3. The lowest BCUT2D eigenvalue weighted by Crippen LogP contribution is -2.38. The van der Waals surface area contributed by atoms with Crippen LogP contribution in [0.4, 0.5) is 0 Å². The van der Waals surface area contributed by atoms with Crippen molar-refractivity contribution in [2.45, 2.75) is 27.2 Å². The molecule has 0 fully saturated rings. The average molecular weight is 292 g/mol. The van der Waals surface area contributed by atoms with Crippen molar-refractivity contribution in [3.63, 3.8) is 0 Å². The van der Waals surface area contributed by atoms with Gasteiger partial charge in [-0.1, -0.05) is 32.2 Å². The lowest BCUT2D eigenvalue weighted by molar-refractivity contribution is -0.161. The molecule has 1 aliphatic rings. The molecule has 4 nitrogen and oxygen atoms in total. The summed E-state index contributed by atoms with van der Waals surface area (Å²) in [5, 5.41) is 0. The van der Waals surface area contributed by atoms with Gasteiger partial charge in [-0.05, 0) is 37.3 Å². The van der Waals surface area contributed by atoms with Crippen molar-refractivity contribution in [1.82, 2.24) is 0 Å². The quantitative estimate of drug-likeness (QED) is 0.558. The van der Waals surface area contributed by atoms with Crippen LogP contribution in [0.5, 0.6) is 0 Å². The van der Waals surface area contributed by atoms with Gasteiger partial charge in [0.05, 0.1) is 11.8 Å². The number of carbonyl (C=O) groups is 2. The summed E-state index contributed by atoms with van der Waals surface area (Å²) >= 11 is 0. The topological polar surface area (TPSA) is 52.6 Å². The third kappa shape index (κ3) is 5.21. The fourth-order valence-electron chi connectivity index (χ4n) is 2.29. The van der Waals surface area contributed by atoms with E-state index in [2.05, 4.69) is 13.2 Å². The van der Waals surface area contributed by atoms with Crippen molar-refractivity contribution in [3.05, 3.63) is 36.5 Å². The average Bonchev–Trinajstić information content (AvgIpc) is 2.41. The predicted molar refractivity (Wildman–Crippen MR) is 81.4 cm³/mol. The zero-order valence-corrected chi connectivity index (χ0v) is 13.1. The van der Waals surface area contributed by atoms with Gasteiger partial charge in [0.15, 0.2) is 0 Å². The summed E-state index contributed by atoms with van der Waals surface area (Å²) in [6, 6.07) is 0. The van der Waals surface area contributed by atoms with E-state index in [1.54, 1.807) is 13.8 Å². The van der Waals surface area contributed by atoms with Crippen LogP contribution in [0.2, 0.25) is 0 Å². The van der Waals surface area contributed by atoms with E-state index in [1.807, 2.05) is 19.1 Å². The minimum atomic E-state index is -0.507. The molecule has 21 heavy (non-hydrogen) atoms. The first-order chi connectivity index (χ1) is 9.82. The zero-order chi connectivity index (χ0) is 16.0. The van der Waals surface area contributed by atoms with Gasteiger partial charge in [0, 0.05) is 0 Å². The molecule has 0 N–H and O–H groups in total. The molecule has 0 amide bonds. The van der Waals surface area contributed by atoms with Crippen molar-refractivity contribution in [2.24, 2.45) is 17.8 Å². The highest BCUT2D eigenvalue weighted by atomic mass is 16.5. The highest BCUT2D eigenvalue weighted by molar-refractivity contribution is 5.83. The van der Waals surface area contributed by atoms with E-state index in [1.165, 1.54) is 0 Å². The number of hydrogen-bond donors (Lipinski definition) is 0. The molecule has 0 saturated carbocycles. The van der Waals surface area contributed by atoms with Crippen LogP contribution in [-0.2, 0) is 19.1 Å². The van der Waals surface area contributed by atoms with Gasteiger partial charge in [-0.15, -0.1) is 0 Å². The number of ether oxygens (including phenoxy) is 2. The highest BCUT2D eigenvalue weighted by Crippen LogP contribution is 2.32. The second-order valence-corrected chi connectivity index (χ2v) is 5.78. The van der Waals surface area contributed by atoms with Gasteiger partial charge in [-0.25, -0.2) is 0 Å². The van der Waals surface area contributed by atoms with Gasteiger partial charge >= 0.3 is 11.9 Å². The lowest BCUT2D eigenvalue weighted by atomic mass is 9.76. The molecule has 1 aliphatic carbocycles. The van der Waals surface area contributed by atoms with E-state index in [-0.39, 0.29) is 31.1 Å². The Morgan fingerprint density at radius 1 is 1.10 bits per heavy atom. The Hall–Kier alpha value is -1.84. The summed E-state index contributed by atoms with van der Waals surface area (Å²) in [6.07, 6.45) is 4.35. The van der Waals surface area contributed by atoms with Crippen LogP contribution in [0.1, 0.15) is 27.2 Å². The molecule has 0 aromatic heterocycles. The first-order valence-corrected chi connectivity index (χ1v) is 7.11. The third-order valence-electron chi connectivity index (χ3n) is 3.33. The maximum absolute atomic E-state index is 12.2. The fraction of sp³-hybridized carbons (Fsp3) is 0.529. The molecule has 0 aromatic rings. The molecule has 4 heteroatoms. The Kier molecular flexibility index (Phi) is 6.40. The van der Waals surface area contributed by atoms with Gasteiger partial charge in [0.1, 0.15) is 13.2 Å². The molecule has 3 atom stereocenters. The molecule has 116 valence electrons. The maximum atomic E-state index is 12.2. The van der Waals surface area contributed by atoms with Crippen molar-refractivity contribution in [3.8, 4) is 0 Å². The molecule has 1 rings (SSSR count). The first-order valence-electron chi connectivity index (χ1n) is 7.11. The minimum absolute atomic E-state index is 0.0567. The van der Waals surface area contributed by atoms with Crippen LogP contribution in [0.25, 0.3) is 0 Å². The van der Waals surface area contributed by atoms with Gasteiger partial charge in [-0.3, -0.25) is 9.59 Å². The van der Waals surface area contributed by atoms with Crippen LogP contribution in [0.3, 0.4) is 0 Å². The summed E-state index contributed by atoms with van der Waals surface area (Å²) in [5.74, 6) is -1.80. The second kappa shape index (κ2) is 7.81. The molecule has 0 aliphatic heterocycles. The van der Waals surface area contributed by atoms with E-state index in [9.17, 15) is 9.59 Å².